The average molecular weight is 620 g/mol. The van der Waals surface area contributed by atoms with Crippen LogP contribution in [0.5, 0.6) is 5.88 Å². The Morgan fingerprint density at radius 1 is 1.19 bits per heavy atom. The number of hydrogen-bond donors (Lipinski definition) is 2. The van der Waals surface area contributed by atoms with E-state index in [1.54, 1.807) is 30.5 Å². The molecule has 1 saturated heterocycles. The van der Waals surface area contributed by atoms with Crippen molar-refractivity contribution in [3.8, 4) is 11.7 Å². The van der Waals surface area contributed by atoms with Crippen molar-refractivity contribution < 1.29 is 22.7 Å². The first-order valence-corrected chi connectivity index (χ1v) is 15.4. The van der Waals surface area contributed by atoms with Crippen LogP contribution < -0.4 is 19.7 Å². The first kappa shape index (κ1) is 32.4. The van der Waals surface area contributed by atoms with Crippen LogP contribution in [-0.4, -0.2) is 56.6 Å². The number of pyridine rings is 1. The van der Waals surface area contributed by atoms with E-state index in [-0.39, 0.29) is 49.2 Å². The van der Waals surface area contributed by atoms with E-state index in [0.29, 0.717) is 34.6 Å². The van der Waals surface area contributed by atoms with Gasteiger partial charge in [-0.2, -0.15) is 13.2 Å². The molecule has 0 radical (unpaired) electrons. The van der Waals surface area contributed by atoms with E-state index in [4.69, 9.17) is 9.72 Å². The highest BCUT2D eigenvalue weighted by molar-refractivity contribution is 8.13. The SMILES string of the molecule is C=C/C1=N\C(=C)NCCC2CCC(C)(C)N2c2nc(-n3ccc(OCCC4(C(F)(F)F)CC4)n3)ccc2C(=O)NS1.CC. The molecule has 1 saturated carbocycles. The molecule has 4 heterocycles. The van der Waals surface area contributed by atoms with Crippen LogP contribution >= 0.6 is 11.9 Å². The predicted molar refractivity (Wildman–Crippen MR) is 165 cm³/mol. The molecule has 43 heavy (non-hydrogen) atoms. The Morgan fingerprint density at radius 2 is 1.93 bits per heavy atom. The number of ether oxygens (including phenoxy) is 1. The van der Waals surface area contributed by atoms with Crippen LogP contribution in [0.4, 0.5) is 19.0 Å². The molecule has 2 fully saturated rings. The lowest BCUT2D eigenvalue weighted by Gasteiger charge is -2.38. The third-order valence-electron chi connectivity index (χ3n) is 8.00. The molecular formula is C30H40F3N7O2S. The van der Waals surface area contributed by atoms with Gasteiger partial charge < -0.3 is 15.0 Å². The van der Waals surface area contributed by atoms with Crippen molar-refractivity contribution in [2.75, 3.05) is 18.1 Å². The zero-order valence-corrected chi connectivity index (χ0v) is 25.9. The van der Waals surface area contributed by atoms with E-state index in [1.807, 2.05) is 13.8 Å². The van der Waals surface area contributed by atoms with Crippen molar-refractivity contribution >= 4 is 28.7 Å². The number of aromatic nitrogens is 3. The van der Waals surface area contributed by atoms with E-state index in [2.05, 4.69) is 52.0 Å². The molecule has 0 spiro atoms. The second-order valence-corrected chi connectivity index (χ2v) is 12.1. The Hall–Kier alpha value is -3.48. The molecule has 9 nitrogen and oxygen atoms in total. The second-order valence-electron chi connectivity index (χ2n) is 11.2. The minimum absolute atomic E-state index is 0.0773. The average Bonchev–Trinajstić information content (AvgIpc) is 3.52. The Kier molecular flexibility index (Phi) is 9.83. The van der Waals surface area contributed by atoms with Crippen molar-refractivity contribution in [2.24, 2.45) is 10.4 Å². The summed E-state index contributed by atoms with van der Waals surface area (Å²) in [6, 6.07) is 5.10. The molecule has 2 aromatic heterocycles. The summed E-state index contributed by atoms with van der Waals surface area (Å²) in [5, 5.41) is 8.14. The third kappa shape index (κ3) is 7.19. The number of hydrogen-bond acceptors (Lipinski definition) is 8. The summed E-state index contributed by atoms with van der Waals surface area (Å²) in [4.78, 5) is 25.0. The molecule has 1 aliphatic carbocycles. The maximum absolute atomic E-state index is 13.4. The van der Waals surface area contributed by atoms with Crippen molar-refractivity contribution in [1.82, 2.24) is 24.8 Å². The lowest BCUT2D eigenvalue weighted by atomic mass is 10.0. The van der Waals surface area contributed by atoms with Gasteiger partial charge >= 0.3 is 6.18 Å². The number of rotatable bonds is 6. The van der Waals surface area contributed by atoms with E-state index < -0.39 is 11.6 Å². The van der Waals surface area contributed by atoms with Gasteiger partial charge in [0.2, 0.25) is 5.88 Å². The minimum atomic E-state index is -4.22. The summed E-state index contributed by atoms with van der Waals surface area (Å²) in [5.74, 6) is 1.36. The summed E-state index contributed by atoms with van der Waals surface area (Å²) >= 11 is 1.04. The Bertz CT molecular complexity index is 1370. The maximum atomic E-state index is 13.4. The van der Waals surface area contributed by atoms with Crippen LogP contribution in [0, 0.1) is 5.41 Å². The monoisotopic (exact) mass is 619 g/mol. The predicted octanol–water partition coefficient (Wildman–Crippen LogP) is 6.58. The van der Waals surface area contributed by atoms with Gasteiger partial charge in [0.15, 0.2) is 5.82 Å². The lowest BCUT2D eigenvalue weighted by molar-refractivity contribution is -0.190. The number of nitrogens with zero attached hydrogens (tertiary/aromatic N) is 5. The van der Waals surface area contributed by atoms with Crippen LogP contribution in [0.1, 0.15) is 76.6 Å². The summed E-state index contributed by atoms with van der Waals surface area (Å²) < 4.78 is 49.7. The normalized spacial score (nSPS) is 22.4. The smallest absolute Gasteiger partial charge is 0.394 e. The zero-order valence-electron chi connectivity index (χ0n) is 25.1. The van der Waals surface area contributed by atoms with E-state index in [0.717, 1.165) is 31.2 Å². The molecule has 3 aliphatic rings. The number of fused-ring (bicyclic) bond motifs is 3. The van der Waals surface area contributed by atoms with Crippen molar-refractivity contribution in [3.63, 3.8) is 0 Å². The highest BCUT2D eigenvalue weighted by Crippen LogP contribution is 2.59. The first-order chi connectivity index (χ1) is 20.4. The quantitative estimate of drug-likeness (QED) is 0.353. The Labute approximate surface area is 255 Å². The maximum Gasteiger partial charge on any atom is 0.394 e. The topological polar surface area (TPSA) is 96.7 Å². The number of amides is 1. The third-order valence-corrected chi connectivity index (χ3v) is 8.75. The summed E-state index contributed by atoms with van der Waals surface area (Å²) in [5.41, 5.74) is -1.49. The largest absolute Gasteiger partial charge is 0.477 e. The molecule has 2 aliphatic heterocycles. The molecule has 0 bridgehead atoms. The molecule has 234 valence electrons. The molecule has 5 rings (SSSR count). The highest BCUT2D eigenvalue weighted by Gasteiger charge is 2.62. The number of anilines is 1. The zero-order chi connectivity index (χ0) is 31.4. The van der Waals surface area contributed by atoms with Gasteiger partial charge in [-0.25, -0.2) is 14.7 Å². The molecular weight excluding hydrogens is 579 g/mol. The molecule has 1 atom stereocenters. The number of carbonyl (C=O) groups excluding carboxylic acids is 1. The Balaban J connectivity index is 0.00000207. The summed E-state index contributed by atoms with van der Waals surface area (Å²) in [6.07, 6.45) is 1.77. The van der Waals surface area contributed by atoms with Gasteiger partial charge in [-0.1, -0.05) is 27.0 Å². The van der Waals surface area contributed by atoms with Gasteiger partial charge in [0, 0.05) is 42.3 Å². The van der Waals surface area contributed by atoms with E-state index in [9.17, 15) is 18.0 Å². The summed E-state index contributed by atoms with van der Waals surface area (Å²) in [7, 11) is 0. The fourth-order valence-electron chi connectivity index (χ4n) is 5.43. The van der Waals surface area contributed by atoms with Crippen molar-refractivity contribution in [3.05, 3.63) is 55.0 Å². The van der Waals surface area contributed by atoms with Crippen LogP contribution in [0.2, 0.25) is 0 Å². The molecule has 13 heteroatoms. The van der Waals surface area contributed by atoms with Crippen molar-refractivity contribution in [1.29, 1.82) is 0 Å². The van der Waals surface area contributed by atoms with Crippen LogP contribution in [0.3, 0.4) is 0 Å². The molecule has 1 unspecified atom stereocenters. The molecule has 2 N–H and O–H groups in total. The number of aliphatic imine (C=N–C) groups is 1. The van der Waals surface area contributed by atoms with E-state index in [1.165, 1.54) is 4.68 Å². The highest BCUT2D eigenvalue weighted by atomic mass is 32.2. The fourth-order valence-corrected chi connectivity index (χ4v) is 5.98. The lowest BCUT2D eigenvalue weighted by Crippen LogP contribution is -2.45. The van der Waals surface area contributed by atoms with Crippen LogP contribution in [-0.2, 0) is 0 Å². The van der Waals surface area contributed by atoms with E-state index >= 15 is 0 Å². The number of halogens is 3. The number of alkyl halides is 3. The van der Waals surface area contributed by atoms with Gasteiger partial charge in [0.1, 0.15) is 16.7 Å². The molecule has 2 aromatic rings. The number of nitrogens with one attached hydrogen (secondary N) is 2. The molecule has 0 aromatic carbocycles. The minimum Gasteiger partial charge on any atom is -0.477 e. The van der Waals surface area contributed by atoms with Gasteiger partial charge in [-0.15, -0.1) is 5.10 Å². The van der Waals surface area contributed by atoms with Crippen LogP contribution in [0.15, 0.2) is 54.4 Å². The van der Waals surface area contributed by atoms with Crippen molar-refractivity contribution in [2.45, 2.75) is 84.0 Å². The Morgan fingerprint density at radius 3 is 2.60 bits per heavy atom. The summed E-state index contributed by atoms with van der Waals surface area (Å²) in [6.45, 7) is 16.6. The van der Waals surface area contributed by atoms with Crippen LogP contribution in [0.25, 0.3) is 5.82 Å². The van der Waals surface area contributed by atoms with Gasteiger partial charge in [0.05, 0.1) is 17.6 Å². The molecule has 1 amide bonds. The number of carbonyl (C=O) groups is 1. The second kappa shape index (κ2) is 13.0. The van der Waals surface area contributed by atoms with Gasteiger partial charge in [-0.3, -0.25) is 9.52 Å². The fraction of sp³-hybridized carbons (Fsp3) is 0.533. The van der Waals surface area contributed by atoms with Gasteiger partial charge in [-0.05, 0) is 70.6 Å². The standard InChI is InChI=1S/C28H34F3N7O2S.C2H6/c1-5-23-33-18(2)32-15-9-19-8-11-26(3,4)38(19)24-20(25(39)36-41-23)6-7-21(34-24)37-16-10-22(35-37)40-17-14-27(12-13-27)28(29,30)31;1-2/h5-7,10,16,19,32H,1-2,8-9,11-15,17H2,3-4H3,(H,36,39);1-2H3/b33-23+;. The first-order valence-electron chi connectivity index (χ1n) is 14.6. The van der Waals surface area contributed by atoms with Gasteiger partial charge in [0.25, 0.3) is 5.91 Å².